The number of carboxylic acid groups (broad SMARTS) is 2. The Kier molecular flexibility index (Phi) is 2.64. The molecule has 0 unspecified atom stereocenters. The zero-order valence-electron chi connectivity index (χ0n) is 10.4. The van der Waals surface area contributed by atoms with Crippen molar-refractivity contribution in [2.75, 3.05) is 0 Å². The van der Waals surface area contributed by atoms with E-state index in [1.807, 2.05) is 0 Å². The van der Waals surface area contributed by atoms with Crippen molar-refractivity contribution in [3.63, 3.8) is 0 Å². The molecule has 1 aliphatic heterocycles. The summed E-state index contributed by atoms with van der Waals surface area (Å²) in [5, 5.41) is 18.2. The van der Waals surface area contributed by atoms with Gasteiger partial charge in [-0.2, -0.15) is 0 Å². The van der Waals surface area contributed by atoms with Gasteiger partial charge >= 0.3 is 11.9 Å². The average molecular weight is 304 g/mol. The van der Waals surface area contributed by atoms with E-state index in [-0.39, 0.29) is 11.1 Å². The predicted molar refractivity (Wildman–Crippen MR) is 71.2 cm³/mol. The molecule has 7 heteroatoms. The molecule has 4 bridgehead atoms. The van der Waals surface area contributed by atoms with E-state index in [1.165, 1.54) is 36.4 Å². The third kappa shape index (κ3) is 1.82. The summed E-state index contributed by atoms with van der Waals surface area (Å²) in [5.41, 5.74) is 0.290. The smallest absolute Gasteiger partial charge is 0.337 e. The summed E-state index contributed by atoms with van der Waals surface area (Å²) in [6.07, 6.45) is 0. The Morgan fingerprint density at radius 3 is 1.48 bits per heavy atom. The van der Waals surface area contributed by atoms with Crippen LogP contribution in [0.2, 0.25) is 0 Å². The Hall–Kier alpha value is -2.67. The Labute approximate surface area is 119 Å². The van der Waals surface area contributed by atoms with E-state index < -0.39 is 31.6 Å². The van der Waals surface area contributed by atoms with Crippen LogP contribution in [0.5, 0.6) is 0 Å². The van der Waals surface area contributed by atoms with Gasteiger partial charge in [-0.05, 0) is 35.4 Å². The van der Waals surface area contributed by atoms with Crippen LogP contribution in [0.3, 0.4) is 0 Å². The van der Waals surface area contributed by atoms with Crippen LogP contribution in [0, 0.1) is 0 Å². The summed E-state index contributed by atoms with van der Waals surface area (Å²) in [6, 6.07) is 7.92. The van der Waals surface area contributed by atoms with Gasteiger partial charge in [-0.25, -0.2) is 18.0 Å². The second-order valence-corrected chi connectivity index (χ2v) is 6.42. The van der Waals surface area contributed by atoms with Crippen molar-refractivity contribution in [3.8, 4) is 11.1 Å². The van der Waals surface area contributed by atoms with Gasteiger partial charge in [0.15, 0.2) is 0 Å². The van der Waals surface area contributed by atoms with Crippen molar-refractivity contribution in [1.29, 1.82) is 0 Å². The largest absolute Gasteiger partial charge is 0.478 e. The van der Waals surface area contributed by atoms with Crippen LogP contribution < -0.4 is 0 Å². The highest BCUT2D eigenvalue weighted by Gasteiger charge is 2.31. The van der Waals surface area contributed by atoms with Gasteiger partial charge in [-0.3, -0.25) is 0 Å². The highest BCUT2D eigenvalue weighted by atomic mass is 32.2. The molecule has 0 aliphatic carbocycles. The predicted octanol–water partition coefficient (Wildman–Crippen LogP) is 1.90. The zero-order valence-corrected chi connectivity index (χ0v) is 11.2. The molecule has 106 valence electrons. The maximum Gasteiger partial charge on any atom is 0.337 e. The van der Waals surface area contributed by atoms with E-state index in [9.17, 15) is 18.0 Å². The third-order valence-electron chi connectivity index (χ3n) is 3.34. The van der Waals surface area contributed by atoms with Gasteiger partial charge in [0.1, 0.15) is 0 Å². The Morgan fingerprint density at radius 2 is 1.14 bits per heavy atom. The molecule has 1 aliphatic rings. The molecule has 2 aromatic carbocycles. The lowest BCUT2D eigenvalue weighted by atomic mass is 10.0. The quantitative estimate of drug-likeness (QED) is 0.748. The first-order valence-corrected chi connectivity index (χ1v) is 7.31. The van der Waals surface area contributed by atoms with Gasteiger partial charge in [0.2, 0.25) is 9.84 Å². The molecular formula is C14H8O6S. The number of fused-ring (bicyclic) bond motifs is 5. The van der Waals surface area contributed by atoms with Gasteiger partial charge in [0.05, 0.1) is 20.9 Å². The van der Waals surface area contributed by atoms with Crippen LogP contribution in [0.4, 0.5) is 0 Å². The minimum atomic E-state index is -4.21. The third-order valence-corrected chi connectivity index (χ3v) is 5.17. The first-order chi connectivity index (χ1) is 9.82. The zero-order chi connectivity index (χ0) is 15.4. The molecular weight excluding hydrogens is 296 g/mol. The standard InChI is InChI=1S/C14H8O6S/c15-13(16)9-3-1-7-5-11(9)21(19,20)12-6-8(7)2-4-10(12)14(17)18/h1-6H,(H,15,16)(H,17,18). The average Bonchev–Trinajstić information content (AvgIpc) is 2.50. The van der Waals surface area contributed by atoms with Crippen LogP contribution in [0.1, 0.15) is 20.7 Å². The number of carbonyl (C=O) groups is 2. The maximum atomic E-state index is 12.6. The lowest BCUT2D eigenvalue weighted by Gasteiger charge is -2.07. The van der Waals surface area contributed by atoms with Crippen molar-refractivity contribution < 1.29 is 28.2 Å². The van der Waals surface area contributed by atoms with Crippen molar-refractivity contribution in [1.82, 2.24) is 0 Å². The van der Waals surface area contributed by atoms with E-state index in [0.29, 0.717) is 11.1 Å². The summed E-state index contributed by atoms with van der Waals surface area (Å²) in [7, 11) is -4.21. The molecule has 0 radical (unpaired) electrons. The number of sulfone groups is 1. The molecule has 2 N–H and O–H groups in total. The molecule has 0 spiro atoms. The van der Waals surface area contributed by atoms with E-state index in [2.05, 4.69) is 0 Å². The highest BCUT2D eigenvalue weighted by molar-refractivity contribution is 7.91. The van der Waals surface area contributed by atoms with Gasteiger partial charge in [0.25, 0.3) is 0 Å². The molecule has 3 rings (SSSR count). The topological polar surface area (TPSA) is 109 Å². The van der Waals surface area contributed by atoms with Crippen LogP contribution >= 0.6 is 0 Å². The molecule has 21 heavy (non-hydrogen) atoms. The second kappa shape index (κ2) is 4.16. The fourth-order valence-electron chi connectivity index (χ4n) is 2.32. The highest BCUT2D eigenvalue weighted by Crippen LogP contribution is 2.36. The molecule has 0 saturated carbocycles. The van der Waals surface area contributed by atoms with Gasteiger partial charge in [-0.15, -0.1) is 0 Å². The van der Waals surface area contributed by atoms with E-state index >= 15 is 0 Å². The normalized spacial score (nSPS) is 14.3. The molecule has 6 nitrogen and oxygen atoms in total. The fourth-order valence-corrected chi connectivity index (χ4v) is 4.01. The first kappa shape index (κ1) is 13.3. The Balaban J connectivity index is 2.47. The first-order valence-electron chi connectivity index (χ1n) is 5.82. The van der Waals surface area contributed by atoms with Crippen molar-refractivity contribution in [3.05, 3.63) is 47.5 Å². The van der Waals surface area contributed by atoms with Gasteiger partial charge in [-0.1, -0.05) is 12.1 Å². The minimum absolute atomic E-state index is 0.377. The van der Waals surface area contributed by atoms with E-state index in [4.69, 9.17) is 10.2 Å². The molecule has 0 saturated heterocycles. The van der Waals surface area contributed by atoms with Crippen LogP contribution in [0.15, 0.2) is 46.2 Å². The van der Waals surface area contributed by atoms with Crippen molar-refractivity contribution in [2.24, 2.45) is 0 Å². The summed E-state index contributed by atoms with van der Waals surface area (Å²) in [4.78, 5) is 21.6. The van der Waals surface area contributed by atoms with Crippen molar-refractivity contribution >= 4 is 21.8 Å². The lowest BCUT2D eigenvalue weighted by Crippen LogP contribution is -2.12. The summed E-state index contributed by atoms with van der Waals surface area (Å²) in [5.74, 6) is -2.76. The van der Waals surface area contributed by atoms with Gasteiger partial charge < -0.3 is 10.2 Å². The fraction of sp³-hybridized carbons (Fsp3) is 0. The van der Waals surface area contributed by atoms with Crippen molar-refractivity contribution in [2.45, 2.75) is 9.79 Å². The minimum Gasteiger partial charge on any atom is -0.478 e. The monoisotopic (exact) mass is 304 g/mol. The number of aromatic carboxylic acids is 2. The SMILES string of the molecule is O=C(O)c1ccc2cc1S(=O)(=O)c1cc-2ccc1C(=O)O. The number of hydrogen-bond acceptors (Lipinski definition) is 4. The van der Waals surface area contributed by atoms with E-state index in [0.717, 1.165) is 0 Å². The Morgan fingerprint density at radius 1 is 0.762 bits per heavy atom. The molecule has 0 atom stereocenters. The molecule has 0 fully saturated rings. The molecule has 0 aromatic heterocycles. The summed E-state index contributed by atoms with van der Waals surface area (Å²) >= 11 is 0. The second-order valence-electron chi connectivity index (χ2n) is 4.54. The van der Waals surface area contributed by atoms with Crippen LogP contribution in [0.25, 0.3) is 11.1 Å². The molecule has 2 aromatic rings. The van der Waals surface area contributed by atoms with E-state index in [1.54, 1.807) is 0 Å². The molecule has 1 heterocycles. The molecule has 0 amide bonds. The summed E-state index contributed by atoms with van der Waals surface area (Å²) in [6.45, 7) is 0. The number of benzene rings is 2. The van der Waals surface area contributed by atoms with Crippen LogP contribution in [-0.4, -0.2) is 30.6 Å². The number of hydrogen-bond donors (Lipinski definition) is 2. The Bertz CT molecular complexity index is 842. The number of rotatable bonds is 2. The maximum absolute atomic E-state index is 12.6. The summed E-state index contributed by atoms with van der Waals surface area (Å²) < 4.78 is 25.2. The van der Waals surface area contributed by atoms with Crippen LogP contribution in [-0.2, 0) is 9.84 Å². The van der Waals surface area contributed by atoms with Gasteiger partial charge in [0, 0.05) is 0 Å². The number of carboxylic acids is 2. The lowest BCUT2D eigenvalue weighted by molar-refractivity contribution is 0.0683.